The molecule has 3 N–H and O–H groups in total. The smallest absolute Gasteiger partial charge is 0.0847 e. The largest absolute Gasteiger partial charge is 1.00 e. The van der Waals surface area contributed by atoms with Crippen molar-refractivity contribution in [2.75, 3.05) is 61.5 Å². The van der Waals surface area contributed by atoms with Crippen molar-refractivity contribution in [1.82, 2.24) is 5.32 Å². The molecule has 240 valence electrons. The highest BCUT2D eigenvalue weighted by molar-refractivity contribution is 7.99. The Morgan fingerprint density at radius 1 is 0.523 bits per heavy atom. The lowest BCUT2D eigenvalue weighted by molar-refractivity contribution is -0.646. The number of nitrogens with one attached hydrogen (secondary N) is 1. The number of quaternary nitrogens is 1. The Labute approximate surface area is 291 Å². The van der Waals surface area contributed by atoms with E-state index in [2.05, 4.69) is 146 Å². The van der Waals surface area contributed by atoms with Crippen LogP contribution in [0.15, 0.2) is 121 Å². The number of halogens is 2. The Hall–Kier alpha value is -1.06. The van der Waals surface area contributed by atoms with Crippen LogP contribution in [-0.2, 0) is 0 Å². The van der Waals surface area contributed by atoms with Gasteiger partial charge in [0.25, 0.3) is 0 Å². The number of nitrogens with two attached hydrogens (primary N) is 1. The summed E-state index contributed by atoms with van der Waals surface area (Å²) in [5.41, 5.74) is 0. The van der Waals surface area contributed by atoms with E-state index in [4.69, 9.17) is 0 Å². The van der Waals surface area contributed by atoms with Gasteiger partial charge in [0.15, 0.2) is 0 Å². The van der Waals surface area contributed by atoms with Gasteiger partial charge in [0.2, 0.25) is 0 Å². The standard InChI is InChI=1S/2C18H24NPS.2ClH/c2*1-2-21-16-14-19-13-15-20(17-9-5-3-6-10-17)18-11-7-4-8-12-18;;/h2*3-12,19H,2,13-16H2,1H3;2*1H. The van der Waals surface area contributed by atoms with Crippen LogP contribution >= 0.6 is 51.8 Å². The lowest BCUT2D eigenvalue weighted by Gasteiger charge is -2.19. The maximum Gasteiger partial charge on any atom is 0.0847 e. The molecule has 0 spiro atoms. The first-order valence-electron chi connectivity index (χ1n) is 15.3. The highest BCUT2D eigenvalue weighted by Gasteiger charge is 2.14. The average molecular weight is 708 g/mol. The van der Waals surface area contributed by atoms with Crippen LogP contribution in [0.1, 0.15) is 13.8 Å². The fraction of sp³-hybridized carbons (Fsp3) is 0.333. The van der Waals surface area contributed by atoms with Crippen LogP contribution in [0, 0.1) is 0 Å². The molecule has 8 heteroatoms. The van der Waals surface area contributed by atoms with E-state index in [-0.39, 0.29) is 40.7 Å². The first-order chi connectivity index (χ1) is 20.8. The van der Waals surface area contributed by atoms with Gasteiger partial charge in [0.05, 0.1) is 13.1 Å². The minimum absolute atomic E-state index is 0. The highest BCUT2D eigenvalue weighted by atomic mass is 35.5. The van der Waals surface area contributed by atoms with Gasteiger partial charge in [-0.05, 0) is 61.3 Å². The molecule has 0 aliphatic heterocycles. The SMILES string of the molecule is CCSCCNCCP(c1ccccc1)c1ccccc1.CCSCC[NH2+]CCP(c1ccccc1)c1ccccc1.Cl.[Cl-]. The van der Waals surface area contributed by atoms with Gasteiger partial charge >= 0.3 is 0 Å². The zero-order valence-electron chi connectivity index (χ0n) is 26.2. The molecule has 4 aromatic carbocycles. The third-order valence-corrected chi connectivity index (χ3v) is 13.5. The van der Waals surface area contributed by atoms with Crippen LogP contribution in [0.4, 0.5) is 0 Å². The lowest BCUT2D eigenvalue weighted by atomic mass is 10.4. The molecule has 2 nitrogen and oxygen atoms in total. The van der Waals surface area contributed by atoms with Gasteiger partial charge in [-0.25, -0.2) is 0 Å². The quantitative estimate of drug-likeness (QED) is 0.123. The van der Waals surface area contributed by atoms with Gasteiger partial charge in [-0.2, -0.15) is 23.5 Å². The summed E-state index contributed by atoms with van der Waals surface area (Å²) in [5.74, 6) is 4.92. The van der Waals surface area contributed by atoms with E-state index in [1.807, 2.05) is 23.5 Å². The van der Waals surface area contributed by atoms with Crippen LogP contribution in [-0.4, -0.2) is 61.5 Å². The summed E-state index contributed by atoms with van der Waals surface area (Å²) in [5, 5.41) is 12.0. The summed E-state index contributed by atoms with van der Waals surface area (Å²) in [6.07, 6.45) is 2.47. The molecule has 0 aliphatic carbocycles. The van der Waals surface area contributed by atoms with Crippen molar-refractivity contribution in [1.29, 1.82) is 0 Å². The number of hydrogen-bond donors (Lipinski definition) is 2. The second kappa shape index (κ2) is 27.1. The highest BCUT2D eigenvalue weighted by Crippen LogP contribution is 2.33. The third-order valence-electron chi connectivity index (χ3n) is 6.64. The van der Waals surface area contributed by atoms with E-state index in [0.717, 1.165) is 13.1 Å². The minimum Gasteiger partial charge on any atom is -1.00 e. The van der Waals surface area contributed by atoms with Gasteiger partial charge in [-0.3, -0.25) is 0 Å². The first-order valence-corrected chi connectivity index (χ1v) is 20.6. The molecule has 4 rings (SSSR count). The lowest BCUT2D eigenvalue weighted by Crippen LogP contribution is -3.00. The predicted molar refractivity (Wildman–Crippen MR) is 206 cm³/mol. The topological polar surface area (TPSA) is 28.6 Å². The van der Waals surface area contributed by atoms with Crippen molar-refractivity contribution in [2.45, 2.75) is 13.8 Å². The molecule has 0 heterocycles. The van der Waals surface area contributed by atoms with Crippen molar-refractivity contribution >= 4 is 73.0 Å². The molecular weight excluding hydrogens is 657 g/mol. The molecule has 0 atom stereocenters. The fourth-order valence-corrected chi connectivity index (χ4v) is 10.3. The number of rotatable bonds is 18. The van der Waals surface area contributed by atoms with Crippen LogP contribution in [0.2, 0.25) is 0 Å². The maximum atomic E-state index is 3.59. The van der Waals surface area contributed by atoms with Crippen molar-refractivity contribution in [3.8, 4) is 0 Å². The van der Waals surface area contributed by atoms with E-state index < -0.39 is 0 Å². The molecule has 0 amide bonds. The summed E-state index contributed by atoms with van der Waals surface area (Å²) >= 11 is 4.04. The van der Waals surface area contributed by atoms with Crippen molar-refractivity contribution in [3.05, 3.63) is 121 Å². The second-order valence-corrected chi connectivity index (χ2v) is 17.1. The van der Waals surface area contributed by atoms with Crippen LogP contribution in [0.25, 0.3) is 0 Å². The molecule has 0 saturated heterocycles. The molecule has 0 fully saturated rings. The second-order valence-electron chi connectivity index (χ2n) is 9.66. The zero-order valence-corrected chi connectivity index (χ0v) is 31.2. The van der Waals surface area contributed by atoms with E-state index in [0.29, 0.717) is 0 Å². The summed E-state index contributed by atoms with van der Waals surface area (Å²) in [6, 6.07) is 43.9. The summed E-state index contributed by atoms with van der Waals surface area (Å²) < 4.78 is 0. The van der Waals surface area contributed by atoms with Gasteiger partial charge in [-0.1, -0.05) is 135 Å². The van der Waals surface area contributed by atoms with E-state index in [1.54, 1.807) is 0 Å². The molecule has 0 unspecified atom stereocenters. The zero-order chi connectivity index (χ0) is 29.5. The molecule has 0 aliphatic rings. The van der Waals surface area contributed by atoms with Crippen molar-refractivity contribution in [3.63, 3.8) is 0 Å². The van der Waals surface area contributed by atoms with Crippen molar-refractivity contribution < 1.29 is 17.7 Å². The Balaban J connectivity index is 0.000000421. The Bertz CT molecular complexity index is 1010. The average Bonchev–Trinajstić information content (AvgIpc) is 3.06. The van der Waals surface area contributed by atoms with E-state index in [9.17, 15) is 0 Å². The Morgan fingerprint density at radius 2 is 0.909 bits per heavy atom. The maximum absolute atomic E-state index is 3.59. The van der Waals surface area contributed by atoms with Gasteiger partial charge in [0, 0.05) is 24.2 Å². The van der Waals surface area contributed by atoms with Crippen LogP contribution < -0.4 is 44.3 Å². The first kappa shape index (κ1) is 41.0. The normalized spacial score (nSPS) is 10.5. The molecule has 4 aromatic rings. The van der Waals surface area contributed by atoms with Gasteiger partial charge in [0.1, 0.15) is 0 Å². The van der Waals surface area contributed by atoms with Gasteiger partial charge < -0.3 is 23.0 Å². The summed E-state index contributed by atoms with van der Waals surface area (Å²) in [6.45, 7) is 9.12. The minimum atomic E-state index is -0.245. The van der Waals surface area contributed by atoms with Crippen LogP contribution in [0.5, 0.6) is 0 Å². The molecule has 0 saturated carbocycles. The number of thioether (sulfide) groups is 2. The predicted octanol–water partition coefficient (Wildman–Crippen LogP) is 3.32. The van der Waals surface area contributed by atoms with Gasteiger partial charge in [-0.15, -0.1) is 12.4 Å². The Morgan fingerprint density at radius 3 is 1.32 bits per heavy atom. The van der Waals surface area contributed by atoms with E-state index >= 15 is 0 Å². The summed E-state index contributed by atoms with van der Waals surface area (Å²) in [4.78, 5) is 0. The monoisotopic (exact) mass is 706 g/mol. The molecule has 0 aromatic heterocycles. The summed E-state index contributed by atoms with van der Waals surface area (Å²) in [7, 11) is -0.458. The van der Waals surface area contributed by atoms with E-state index in [1.165, 1.54) is 69.6 Å². The number of hydrogen-bond acceptors (Lipinski definition) is 3. The van der Waals surface area contributed by atoms with Crippen LogP contribution in [0.3, 0.4) is 0 Å². The fourth-order valence-electron chi connectivity index (χ4n) is 4.53. The Kier molecular flexibility index (Phi) is 25.2. The molecule has 44 heavy (non-hydrogen) atoms. The van der Waals surface area contributed by atoms with Crippen molar-refractivity contribution in [2.24, 2.45) is 0 Å². The third kappa shape index (κ3) is 16.5. The molecule has 0 radical (unpaired) electrons. The number of benzene rings is 4. The molecular formula is C36H50Cl2N2P2S2. The molecule has 0 bridgehead atoms.